The van der Waals surface area contributed by atoms with Gasteiger partial charge in [0.05, 0.1) is 18.8 Å². The number of nitrogens with two attached hydrogens (primary N) is 1. The zero-order valence-electron chi connectivity index (χ0n) is 20.9. The number of aryl methyl sites for hydroxylation is 2. The van der Waals surface area contributed by atoms with Gasteiger partial charge in [0, 0.05) is 25.0 Å². The van der Waals surface area contributed by atoms with Crippen molar-refractivity contribution in [1.29, 1.82) is 0 Å². The quantitative estimate of drug-likeness (QED) is 0.446. The molecule has 9 heteroatoms. The van der Waals surface area contributed by atoms with Crippen molar-refractivity contribution < 1.29 is 22.7 Å². The summed E-state index contributed by atoms with van der Waals surface area (Å²) in [6, 6.07) is 16.9. The van der Waals surface area contributed by atoms with Gasteiger partial charge in [-0.3, -0.25) is 15.1 Å². The van der Waals surface area contributed by atoms with Crippen LogP contribution in [0.1, 0.15) is 34.0 Å². The number of hydrogen-bond acceptors (Lipinski definition) is 5. The van der Waals surface area contributed by atoms with Crippen LogP contribution < -0.4 is 16.0 Å². The van der Waals surface area contributed by atoms with E-state index in [0.717, 1.165) is 22.8 Å². The van der Waals surface area contributed by atoms with Crippen LogP contribution in [0.2, 0.25) is 0 Å². The molecule has 0 saturated carbocycles. The molecule has 1 fully saturated rings. The summed E-state index contributed by atoms with van der Waals surface area (Å²) in [6.07, 6.45) is -2.96. The van der Waals surface area contributed by atoms with Gasteiger partial charge >= 0.3 is 6.18 Å². The maximum atomic E-state index is 14.2. The lowest BCUT2D eigenvalue weighted by molar-refractivity contribution is -0.141. The molecule has 2 heterocycles. The van der Waals surface area contributed by atoms with Gasteiger partial charge in [-0.25, -0.2) is 0 Å². The maximum absolute atomic E-state index is 14.2. The van der Waals surface area contributed by atoms with Gasteiger partial charge in [-0.2, -0.15) is 13.2 Å². The normalized spacial score (nSPS) is 15.6. The number of nitrogens with zero attached hydrogens (tertiary/aromatic N) is 2. The number of hydrogen-bond donors (Lipinski definition) is 2. The number of aromatic nitrogens is 1. The number of anilines is 1. The monoisotopic (exact) mass is 512 g/mol. The lowest BCUT2D eigenvalue weighted by Gasteiger charge is -2.44. The number of pyridine rings is 1. The number of ether oxygens (including phenoxy) is 1. The van der Waals surface area contributed by atoms with Crippen LogP contribution in [0.3, 0.4) is 0 Å². The highest BCUT2D eigenvalue weighted by Gasteiger charge is 2.42. The Hall–Kier alpha value is -3.27. The molecule has 1 aromatic heterocycles. The lowest BCUT2D eigenvalue weighted by atomic mass is 9.93. The number of rotatable bonds is 9. The molecule has 1 saturated heterocycles. The highest BCUT2D eigenvalue weighted by Crippen LogP contribution is 2.29. The third kappa shape index (κ3) is 6.18. The molecular weight excluding hydrogens is 481 g/mol. The number of halogens is 3. The number of carbonyl (C=O) groups is 1. The second kappa shape index (κ2) is 11.0. The second-order valence-corrected chi connectivity index (χ2v) is 9.52. The fourth-order valence-electron chi connectivity index (χ4n) is 4.24. The molecule has 3 N–H and O–H groups in total. The summed E-state index contributed by atoms with van der Waals surface area (Å²) in [4.78, 5) is 19.4. The van der Waals surface area contributed by atoms with E-state index in [2.05, 4.69) is 10.3 Å². The van der Waals surface area contributed by atoms with Crippen LogP contribution in [0, 0.1) is 13.8 Å². The summed E-state index contributed by atoms with van der Waals surface area (Å²) in [5.74, 6) is -0.186. The lowest BCUT2D eigenvalue weighted by Crippen LogP contribution is -2.66. The maximum Gasteiger partial charge on any atom is 0.433 e. The SMILES string of the molecule is Cc1ccc(N(CCc2ccc(C(F)(F)F)nc2)C(=O)C(NC2(CN)COC2)c2ccccc2)cc1C. The zero-order valence-corrected chi connectivity index (χ0v) is 20.9. The number of benzene rings is 2. The summed E-state index contributed by atoms with van der Waals surface area (Å²) >= 11 is 0. The first-order valence-electron chi connectivity index (χ1n) is 12.1. The van der Waals surface area contributed by atoms with Crippen LogP contribution in [0.4, 0.5) is 18.9 Å². The van der Waals surface area contributed by atoms with Gasteiger partial charge in [0.25, 0.3) is 0 Å². The molecule has 0 aliphatic carbocycles. The van der Waals surface area contributed by atoms with Crippen molar-refractivity contribution in [3.8, 4) is 0 Å². The third-order valence-corrected chi connectivity index (χ3v) is 6.79. The van der Waals surface area contributed by atoms with Crippen LogP contribution in [0.5, 0.6) is 0 Å². The first kappa shape index (κ1) is 26.8. The minimum absolute atomic E-state index is 0.186. The average Bonchev–Trinajstić information content (AvgIpc) is 2.86. The van der Waals surface area contributed by atoms with Gasteiger partial charge < -0.3 is 15.4 Å². The Morgan fingerprint density at radius 2 is 1.84 bits per heavy atom. The van der Waals surface area contributed by atoms with E-state index in [-0.39, 0.29) is 12.5 Å². The average molecular weight is 513 g/mol. The highest BCUT2D eigenvalue weighted by atomic mass is 19.4. The molecule has 0 spiro atoms. The van der Waals surface area contributed by atoms with Crippen molar-refractivity contribution >= 4 is 11.6 Å². The summed E-state index contributed by atoms with van der Waals surface area (Å²) < 4.78 is 44.2. The minimum Gasteiger partial charge on any atom is -0.377 e. The Balaban J connectivity index is 1.66. The molecule has 1 atom stereocenters. The van der Waals surface area contributed by atoms with E-state index in [1.807, 2.05) is 62.4 Å². The van der Waals surface area contributed by atoms with Crippen LogP contribution >= 0.6 is 0 Å². The molecule has 1 aliphatic heterocycles. The Kier molecular flexibility index (Phi) is 7.96. The van der Waals surface area contributed by atoms with Crippen molar-refractivity contribution in [3.63, 3.8) is 0 Å². The molecule has 196 valence electrons. The van der Waals surface area contributed by atoms with Crippen molar-refractivity contribution in [1.82, 2.24) is 10.3 Å². The fourth-order valence-corrected chi connectivity index (χ4v) is 4.24. The molecule has 0 bridgehead atoms. The Bertz CT molecular complexity index is 1210. The molecule has 1 aliphatic rings. The van der Waals surface area contributed by atoms with Crippen LogP contribution in [-0.4, -0.2) is 42.7 Å². The van der Waals surface area contributed by atoms with Gasteiger partial charge in [0.2, 0.25) is 5.91 Å². The molecule has 1 unspecified atom stereocenters. The zero-order chi connectivity index (χ0) is 26.6. The first-order valence-corrected chi connectivity index (χ1v) is 12.1. The predicted octanol–water partition coefficient (Wildman–Crippen LogP) is 4.35. The second-order valence-electron chi connectivity index (χ2n) is 9.52. The van der Waals surface area contributed by atoms with E-state index in [1.165, 1.54) is 12.3 Å². The van der Waals surface area contributed by atoms with Crippen LogP contribution in [0.15, 0.2) is 66.9 Å². The van der Waals surface area contributed by atoms with Crippen molar-refractivity contribution in [2.24, 2.45) is 5.73 Å². The fraction of sp³-hybridized carbons (Fsp3) is 0.357. The Morgan fingerprint density at radius 3 is 2.38 bits per heavy atom. The van der Waals surface area contributed by atoms with Crippen LogP contribution in [-0.2, 0) is 22.1 Å². The van der Waals surface area contributed by atoms with Gasteiger partial charge in [-0.05, 0) is 60.7 Å². The number of nitrogens with one attached hydrogen (secondary N) is 1. The topological polar surface area (TPSA) is 80.5 Å². The molecule has 1 amide bonds. The van der Waals surface area contributed by atoms with Gasteiger partial charge in [-0.1, -0.05) is 42.5 Å². The standard InChI is InChI=1S/C28H31F3N4O2/c1-19-8-10-23(14-20(19)2)35(13-12-21-9-11-24(33-15-21)28(29,30)31)26(36)25(22-6-4-3-5-7-22)34-27(16-32)17-37-18-27/h3-11,14-15,25,34H,12-13,16-18,32H2,1-2H3. The van der Waals surface area contributed by atoms with E-state index < -0.39 is 23.5 Å². The smallest absolute Gasteiger partial charge is 0.377 e. The molecule has 4 rings (SSSR count). The van der Waals surface area contributed by atoms with Gasteiger partial charge in [0.15, 0.2) is 0 Å². The minimum atomic E-state index is -4.50. The van der Waals surface area contributed by atoms with E-state index in [4.69, 9.17) is 10.5 Å². The van der Waals surface area contributed by atoms with E-state index in [0.29, 0.717) is 37.4 Å². The van der Waals surface area contributed by atoms with Gasteiger partial charge in [0.1, 0.15) is 11.7 Å². The predicted molar refractivity (Wildman–Crippen MR) is 136 cm³/mol. The summed E-state index contributed by atoms with van der Waals surface area (Å²) in [7, 11) is 0. The molecule has 0 radical (unpaired) electrons. The molecule has 6 nitrogen and oxygen atoms in total. The summed E-state index contributed by atoms with van der Waals surface area (Å²) in [6.45, 7) is 5.34. The van der Waals surface area contributed by atoms with Gasteiger partial charge in [-0.15, -0.1) is 0 Å². The molecule has 37 heavy (non-hydrogen) atoms. The number of carbonyl (C=O) groups excluding carboxylic acids is 1. The van der Waals surface area contributed by atoms with E-state index in [9.17, 15) is 18.0 Å². The third-order valence-electron chi connectivity index (χ3n) is 6.79. The first-order chi connectivity index (χ1) is 17.6. The Labute approximate surface area is 214 Å². The molecule has 3 aromatic rings. The van der Waals surface area contributed by atoms with E-state index in [1.54, 1.807) is 4.90 Å². The summed E-state index contributed by atoms with van der Waals surface area (Å²) in [5.41, 5.74) is 8.81. The Morgan fingerprint density at radius 1 is 1.11 bits per heavy atom. The van der Waals surface area contributed by atoms with Crippen molar-refractivity contribution in [3.05, 3.63) is 94.8 Å². The van der Waals surface area contributed by atoms with Crippen molar-refractivity contribution in [2.75, 3.05) is 31.2 Å². The van der Waals surface area contributed by atoms with Crippen LogP contribution in [0.25, 0.3) is 0 Å². The van der Waals surface area contributed by atoms with Crippen molar-refractivity contribution in [2.45, 2.75) is 38.0 Å². The highest BCUT2D eigenvalue weighted by molar-refractivity contribution is 5.98. The molecular formula is C28H31F3N4O2. The number of amides is 1. The number of alkyl halides is 3. The molecule has 2 aromatic carbocycles. The van der Waals surface area contributed by atoms with E-state index >= 15 is 0 Å². The summed E-state index contributed by atoms with van der Waals surface area (Å²) in [5, 5.41) is 3.45. The largest absolute Gasteiger partial charge is 0.433 e.